The van der Waals surface area contributed by atoms with Gasteiger partial charge in [0.1, 0.15) is 5.75 Å². The lowest BCUT2D eigenvalue weighted by molar-refractivity contribution is 0.412. The summed E-state index contributed by atoms with van der Waals surface area (Å²) in [6.07, 6.45) is 0.921. The van der Waals surface area contributed by atoms with E-state index in [9.17, 15) is 8.42 Å². The molecule has 84 valence electrons. The SMILES string of the molecule is COc1cc(OS(C)(=O)=O)c(Cl)cc1Cl. The Kier molecular flexibility index (Phi) is 3.70. The van der Waals surface area contributed by atoms with Gasteiger partial charge in [0.2, 0.25) is 0 Å². The molecule has 0 aliphatic carbocycles. The smallest absolute Gasteiger partial charge is 0.306 e. The molecule has 0 saturated heterocycles. The Morgan fingerprint density at radius 3 is 2.13 bits per heavy atom. The minimum absolute atomic E-state index is 0.0135. The first-order chi connectivity index (χ1) is 6.83. The van der Waals surface area contributed by atoms with E-state index in [0.717, 1.165) is 6.26 Å². The molecule has 0 fully saturated rings. The van der Waals surface area contributed by atoms with Crippen molar-refractivity contribution in [1.82, 2.24) is 0 Å². The summed E-state index contributed by atoms with van der Waals surface area (Å²) in [7, 11) is -2.22. The zero-order valence-electron chi connectivity index (χ0n) is 7.95. The minimum atomic E-state index is -3.62. The van der Waals surface area contributed by atoms with Crippen molar-refractivity contribution in [2.24, 2.45) is 0 Å². The first kappa shape index (κ1) is 12.4. The molecule has 7 heteroatoms. The van der Waals surface area contributed by atoms with E-state index in [0.29, 0.717) is 5.75 Å². The van der Waals surface area contributed by atoms with Crippen LogP contribution in [0.1, 0.15) is 0 Å². The third-order valence-electron chi connectivity index (χ3n) is 1.45. The molecule has 4 nitrogen and oxygen atoms in total. The lowest BCUT2D eigenvalue weighted by Gasteiger charge is -2.08. The molecular formula is C8H8Cl2O4S. The molecule has 0 aliphatic rings. The lowest BCUT2D eigenvalue weighted by atomic mass is 10.3. The summed E-state index contributed by atoms with van der Waals surface area (Å²) < 4.78 is 31.3. The van der Waals surface area contributed by atoms with Gasteiger partial charge < -0.3 is 8.92 Å². The quantitative estimate of drug-likeness (QED) is 0.792. The fourth-order valence-corrected chi connectivity index (χ4v) is 1.90. The fourth-order valence-electron chi connectivity index (χ4n) is 0.894. The standard InChI is InChI=1S/C8H8Cl2O4S/c1-13-7-4-8(14-15(2,11)12)6(10)3-5(7)9/h3-4H,1-2H3. The molecule has 0 saturated carbocycles. The monoisotopic (exact) mass is 270 g/mol. The Morgan fingerprint density at radius 2 is 1.67 bits per heavy atom. The number of hydrogen-bond acceptors (Lipinski definition) is 4. The van der Waals surface area contributed by atoms with Crippen LogP contribution in [0.4, 0.5) is 0 Å². The van der Waals surface area contributed by atoms with Crippen LogP contribution in [0.2, 0.25) is 10.0 Å². The molecule has 1 aromatic rings. The number of benzene rings is 1. The predicted octanol–water partition coefficient (Wildman–Crippen LogP) is 2.34. The summed E-state index contributed by atoms with van der Waals surface area (Å²) in [5.74, 6) is 0.278. The number of methoxy groups -OCH3 is 1. The molecule has 0 amide bonds. The maximum absolute atomic E-state index is 10.9. The predicted molar refractivity (Wildman–Crippen MR) is 58.5 cm³/mol. The molecular weight excluding hydrogens is 263 g/mol. The fraction of sp³-hybridized carbons (Fsp3) is 0.250. The normalized spacial score (nSPS) is 11.2. The highest BCUT2D eigenvalue weighted by molar-refractivity contribution is 7.86. The molecule has 0 heterocycles. The van der Waals surface area contributed by atoms with Crippen LogP contribution in [0.3, 0.4) is 0 Å². The van der Waals surface area contributed by atoms with Crippen molar-refractivity contribution in [3.8, 4) is 11.5 Å². The van der Waals surface area contributed by atoms with E-state index in [-0.39, 0.29) is 15.8 Å². The summed E-state index contributed by atoms with van der Waals surface area (Å²) in [6, 6.07) is 2.66. The summed E-state index contributed by atoms with van der Waals surface area (Å²) in [5.41, 5.74) is 0. The second kappa shape index (κ2) is 4.47. The van der Waals surface area contributed by atoms with E-state index >= 15 is 0 Å². The van der Waals surface area contributed by atoms with Gasteiger partial charge in [0.25, 0.3) is 0 Å². The van der Waals surface area contributed by atoms with Crippen molar-refractivity contribution >= 4 is 33.3 Å². The van der Waals surface area contributed by atoms with Gasteiger partial charge in [0.15, 0.2) is 5.75 Å². The van der Waals surface area contributed by atoms with Crippen molar-refractivity contribution in [1.29, 1.82) is 0 Å². The molecule has 0 spiro atoms. The Bertz CT molecular complexity index is 470. The van der Waals surface area contributed by atoms with Crippen LogP contribution in [0.5, 0.6) is 11.5 Å². The number of rotatable bonds is 3. The maximum Gasteiger partial charge on any atom is 0.306 e. The first-order valence-corrected chi connectivity index (χ1v) is 6.33. The Hall–Kier alpha value is -0.650. The van der Waals surface area contributed by atoms with Gasteiger partial charge in [-0.05, 0) is 6.07 Å². The van der Waals surface area contributed by atoms with Gasteiger partial charge >= 0.3 is 10.1 Å². The highest BCUT2D eigenvalue weighted by atomic mass is 35.5. The van der Waals surface area contributed by atoms with Crippen molar-refractivity contribution < 1.29 is 17.3 Å². The number of hydrogen-bond donors (Lipinski definition) is 0. The van der Waals surface area contributed by atoms with Gasteiger partial charge in [-0.3, -0.25) is 0 Å². The molecule has 1 aromatic carbocycles. The molecule has 0 aromatic heterocycles. The van der Waals surface area contributed by atoms with Gasteiger partial charge in [-0.15, -0.1) is 0 Å². The second-order valence-corrected chi connectivity index (χ2v) is 5.09. The van der Waals surface area contributed by atoms with Gasteiger partial charge in [0.05, 0.1) is 23.4 Å². The number of halogens is 2. The third-order valence-corrected chi connectivity index (χ3v) is 2.52. The van der Waals surface area contributed by atoms with Crippen LogP contribution in [-0.4, -0.2) is 21.8 Å². The lowest BCUT2D eigenvalue weighted by Crippen LogP contribution is -2.06. The van der Waals surface area contributed by atoms with E-state index in [1.165, 1.54) is 19.2 Å². The molecule has 0 N–H and O–H groups in total. The van der Waals surface area contributed by atoms with Crippen molar-refractivity contribution in [3.05, 3.63) is 22.2 Å². The van der Waals surface area contributed by atoms with Crippen LogP contribution in [0.25, 0.3) is 0 Å². The van der Waals surface area contributed by atoms with E-state index < -0.39 is 10.1 Å². The average molecular weight is 271 g/mol. The van der Waals surface area contributed by atoms with E-state index in [1.807, 2.05) is 0 Å². The topological polar surface area (TPSA) is 52.6 Å². The van der Waals surface area contributed by atoms with Crippen LogP contribution < -0.4 is 8.92 Å². The molecule has 15 heavy (non-hydrogen) atoms. The van der Waals surface area contributed by atoms with Gasteiger partial charge in [0, 0.05) is 6.07 Å². The van der Waals surface area contributed by atoms with Gasteiger partial charge in [-0.1, -0.05) is 23.2 Å². The zero-order chi connectivity index (χ0) is 11.6. The molecule has 0 unspecified atom stereocenters. The van der Waals surface area contributed by atoms with Crippen LogP contribution >= 0.6 is 23.2 Å². The van der Waals surface area contributed by atoms with Crippen LogP contribution in [0.15, 0.2) is 12.1 Å². The summed E-state index contributed by atoms with van der Waals surface area (Å²) >= 11 is 11.5. The van der Waals surface area contributed by atoms with Crippen molar-refractivity contribution in [2.45, 2.75) is 0 Å². The molecule has 0 bridgehead atoms. The van der Waals surface area contributed by atoms with Crippen LogP contribution in [-0.2, 0) is 10.1 Å². The first-order valence-electron chi connectivity index (χ1n) is 3.76. The third kappa shape index (κ3) is 3.44. The minimum Gasteiger partial charge on any atom is -0.495 e. The van der Waals surface area contributed by atoms with E-state index in [2.05, 4.69) is 4.18 Å². The van der Waals surface area contributed by atoms with Crippen molar-refractivity contribution in [3.63, 3.8) is 0 Å². The highest BCUT2D eigenvalue weighted by Gasteiger charge is 2.12. The highest BCUT2D eigenvalue weighted by Crippen LogP contribution is 2.35. The van der Waals surface area contributed by atoms with Crippen LogP contribution in [0, 0.1) is 0 Å². The Balaban J connectivity index is 3.19. The zero-order valence-corrected chi connectivity index (χ0v) is 10.3. The largest absolute Gasteiger partial charge is 0.495 e. The average Bonchev–Trinajstić information content (AvgIpc) is 2.07. The van der Waals surface area contributed by atoms with Gasteiger partial charge in [-0.2, -0.15) is 8.42 Å². The molecule has 1 rings (SSSR count). The Morgan fingerprint density at radius 1 is 1.13 bits per heavy atom. The van der Waals surface area contributed by atoms with Gasteiger partial charge in [-0.25, -0.2) is 0 Å². The van der Waals surface area contributed by atoms with E-state index in [1.54, 1.807) is 0 Å². The second-order valence-electron chi connectivity index (χ2n) is 2.70. The number of ether oxygens (including phenoxy) is 1. The maximum atomic E-state index is 10.9. The summed E-state index contributed by atoms with van der Waals surface area (Å²) in [6.45, 7) is 0. The molecule has 0 radical (unpaired) electrons. The summed E-state index contributed by atoms with van der Waals surface area (Å²) in [4.78, 5) is 0. The van der Waals surface area contributed by atoms with Crippen molar-refractivity contribution in [2.75, 3.05) is 13.4 Å². The molecule has 0 atom stereocenters. The summed E-state index contributed by atoms with van der Waals surface area (Å²) in [5, 5.41) is 0.384. The molecule has 0 aliphatic heterocycles. The Labute approximate surface area is 97.8 Å². The van der Waals surface area contributed by atoms with E-state index in [4.69, 9.17) is 27.9 Å².